The molecule has 0 aliphatic heterocycles. The minimum atomic E-state index is 1.06. The molecule has 0 amide bonds. The molecule has 12 aliphatic carbocycles. The first-order valence-corrected chi connectivity index (χ1v) is 53.4. The Labute approximate surface area is 866 Å². The Kier molecular flexibility index (Phi) is 21.1. The van der Waals surface area contributed by atoms with Gasteiger partial charge in [-0.1, -0.05) is 463 Å². The zero-order valence-corrected chi connectivity index (χ0v) is 83.4. The van der Waals surface area contributed by atoms with Crippen LogP contribution in [0.1, 0.15) is 147 Å². The summed E-state index contributed by atoms with van der Waals surface area (Å²) in [7, 11) is 0. The second kappa shape index (κ2) is 35.8. The molecule has 0 fully saturated rings. The van der Waals surface area contributed by atoms with Crippen LogP contribution in [0.2, 0.25) is 0 Å². The fraction of sp³-hybridized carbons (Fsp3) is 0.0946. The maximum Gasteiger partial charge on any atom is -0.000695 e. The van der Waals surface area contributed by atoms with Crippen molar-refractivity contribution in [1.82, 2.24) is 0 Å². The van der Waals surface area contributed by atoms with Crippen molar-refractivity contribution < 1.29 is 0 Å². The quantitative estimate of drug-likeness (QED) is 0.142. The van der Waals surface area contributed by atoms with Crippen molar-refractivity contribution in [2.75, 3.05) is 0 Å². The van der Waals surface area contributed by atoms with E-state index in [-0.39, 0.29) is 0 Å². The molecule has 24 aromatic rings. The van der Waals surface area contributed by atoms with Gasteiger partial charge >= 0.3 is 0 Å². The lowest BCUT2D eigenvalue weighted by Crippen LogP contribution is -1.92. The first-order chi connectivity index (χ1) is 73.4. The molecule has 0 radical (unpaired) electrons. The third-order valence-electron chi connectivity index (χ3n) is 34.1. The monoisotopic (exact) mass is 1880 g/mol. The topological polar surface area (TPSA) is 0 Å². The minimum Gasteiger partial charge on any atom is -0.0683 e. The summed E-state index contributed by atoms with van der Waals surface area (Å²) in [6.07, 6.45) is 12.9. The highest BCUT2D eigenvalue weighted by molar-refractivity contribution is 6.13. The van der Waals surface area contributed by atoms with Crippen LogP contribution in [0.3, 0.4) is 0 Å². The van der Waals surface area contributed by atoms with Crippen LogP contribution in [0.4, 0.5) is 0 Å². The third-order valence-corrected chi connectivity index (χ3v) is 34.1. The van der Waals surface area contributed by atoms with Gasteiger partial charge in [0.15, 0.2) is 0 Å². The van der Waals surface area contributed by atoms with E-state index in [2.05, 4.69) is 461 Å². The van der Waals surface area contributed by atoms with Crippen molar-refractivity contribution >= 4 is 53.9 Å². The highest BCUT2D eigenvalue weighted by atomic mass is 14.4. The Balaban J connectivity index is 0.0000000820. The Bertz CT molecular complexity index is 9240. The Morgan fingerprint density at radius 2 is 0.304 bits per heavy atom. The van der Waals surface area contributed by atoms with Gasteiger partial charge in [-0.25, -0.2) is 0 Å². The standard InChI is InChI=1S/5C24H16.2C13H10.C2H6/c2*1-4-10-18-15(7-1)13-21-19-11-5-6-12-20(19)23-17-9-3-2-8-16(17)14-22(23)24(18)21;1-3-9-17-15(7-1)13-21-19-11-5-6-12-20(19)22-14-16-8-2-4-10-18(16)24(22)23(17)21;1-2-6-16-13-22-19(11-15(16)5-1)12-18-9-10-21-20-8-4-3-7-17(20)14-23(21)24(18)22;1-2-6-16-12-22-18(11-15(16)5-1)14-24-21(22)10-9-20-19-8-4-3-7-17(19)13-23(20)24;2*1-3-7-12-10(5-1)9-11-6-2-4-8-13(11)12;1-2/h3*1-12H,13-14H2;1-11,13H,12,14H2;1-12H,13-14H2;2*1-8H,9H2;1-2H3. The summed E-state index contributed by atoms with van der Waals surface area (Å²) in [5, 5.41) is 14.0. The molecule has 0 atom stereocenters. The van der Waals surface area contributed by atoms with E-state index in [0.717, 1.165) is 77.0 Å². The molecule has 148 heavy (non-hydrogen) atoms. The molecule has 0 bridgehead atoms. The van der Waals surface area contributed by atoms with E-state index >= 15 is 0 Å². The van der Waals surface area contributed by atoms with E-state index in [1.165, 1.54) is 310 Å². The first-order valence-electron chi connectivity index (χ1n) is 53.4. The largest absolute Gasteiger partial charge is 0.0683 e. The van der Waals surface area contributed by atoms with Crippen LogP contribution < -0.4 is 0 Å². The highest BCUT2D eigenvalue weighted by Gasteiger charge is 2.38. The van der Waals surface area contributed by atoms with Gasteiger partial charge in [0.2, 0.25) is 0 Å². The van der Waals surface area contributed by atoms with Crippen LogP contribution in [0.25, 0.3) is 187 Å². The van der Waals surface area contributed by atoms with E-state index in [9.17, 15) is 0 Å². The van der Waals surface area contributed by atoms with Crippen molar-refractivity contribution in [3.8, 4) is 134 Å². The summed E-state index contributed by atoms with van der Waals surface area (Å²) in [5.41, 5.74) is 70.6. The van der Waals surface area contributed by atoms with Gasteiger partial charge in [0.05, 0.1) is 0 Å². The predicted octanol–water partition coefficient (Wildman–Crippen LogP) is 37.5. The highest BCUT2D eigenvalue weighted by Crippen LogP contribution is 2.58. The minimum absolute atomic E-state index is 1.06. The molecular formula is C148H106. The van der Waals surface area contributed by atoms with Gasteiger partial charge in [0, 0.05) is 0 Å². The number of benzene rings is 24. The molecule has 698 valence electrons. The summed E-state index contributed by atoms with van der Waals surface area (Å²) in [6.45, 7) is 4.00. The molecule has 12 aliphatic rings. The maximum atomic E-state index is 2.40. The van der Waals surface area contributed by atoms with Crippen LogP contribution in [0.5, 0.6) is 0 Å². The van der Waals surface area contributed by atoms with Crippen molar-refractivity contribution in [1.29, 1.82) is 0 Å². The van der Waals surface area contributed by atoms with Gasteiger partial charge in [-0.15, -0.1) is 0 Å². The molecule has 0 heterocycles. The van der Waals surface area contributed by atoms with E-state index in [0.29, 0.717) is 0 Å². The Morgan fingerprint density at radius 1 is 0.101 bits per heavy atom. The van der Waals surface area contributed by atoms with Gasteiger partial charge in [-0.3, -0.25) is 0 Å². The van der Waals surface area contributed by atoms with Gasteiger partial charge in [-0.05, 0) is 410 Å². The summed E-state index contributed by atoms with van der Waals surface area (Å²) in [4.78, 5) is 0. The summed E-state index contributed by atoms with van der Waals surface area (Å²) in [5.74, 6) is 0. The normalized spacial score (nSPS) is 13.1. The first kappa shape index (κ1) is 87.2. The molecule has 0 heteroatoms. The lowest BCUT2D eigenvalue weighted by molar-refractivity contribution is 1.16. The molecule has 0 nitrogen and oxygen atoms in total. The van der Waals surface area contributed by atoms with Gasteiger partial charge in [0.1, 0.15) is 0 Å². The number of rotatable bonds is 0. The zero-order chi connectivity index (χ0) is 97.7. The van der Waals surface area contributed by atoms with Crippen LogP contribution in [0.15, 0.2) is 461 Å². The van der Waals surface area contributed by atoms with Crippen LogP contribution in [-0.2, 0) is 77.0 Å². The maximum absolute atomic E-state index is 2.40. The zero-order valence-electron chi connectivity index (χ0n) is 83.4. The molecule has 36 rings (SSSR count). The Morgan fingerprint density at radius 3 is 0.662 bits per heavy atom. The molecule has 0 spiro atoms. The van der Waals surface area contributed by atoms with Crippen LogP contribution in [-0.4, -0.2) is 0 Å². The molecule has 0 saturated carbocycles. The third kappa shape index (κ3) is 14.2. The molecule has 0 N–H and O–H groups in total. The molecule has 24 aromatic carbocycles. The lowest BCUT2D eigenvalue weighted by atomic mass is 9.89. The van der Waals surface area contributed by atoms with Gasteiger partial charge in [0.25, 0.3) is 0 Å². The summed E-state index contributed by atoms with van der Waals surface area (Å²) < 4.78 is 0. The summed E-state index contributed by atoms with van der Waals surface area (Å²) in [6, 6.07) is 169. The average Bonchev–Trinajstić information content (AvgIpc) is 1.55. The second-order valence-electron chi connectivity index (χ2n) is 41.7. The Hall–Kier alpha value is -17.4. The van der Waals surface area contributed by atoms with E-state index in [1.54, 1.807) is 11.1 Å². The van der Waals surface area contributed by atoms with Crippen LogP contribution >= 0.6 is 0 Å². The molecular weight excluding hydrogens is 1780 g/mol. The SMILES string of the molecule is CC.c1ccc2c(c1)Cc1c-2c2c(c3ccccc13)-c1ccccc1C2.c1ccc2c(c1)Cc1c-2c2c(c3ccccc13)-c1ccccc1C2.c1ccc2c(c1)Cc1c-2c2c(c3ccccc13)Cc1ccccc1-2.c1ccc2c(c1)Cc1c-2ccc2c1-c1cc3ccccc3cc1C2.c1ccc2c(c1)Cc1c-2ccc2c1Cc1cc3ccccc3cc1-2.c1ccc2c(c1)Cc1ccccc1-2.c1ccc2c(c1)Cc1ccccc1-2. The molecule has 0 unspecified atom stereocenters. The number of hydrogen-bond donors (Lipinski definition) is 0. The average molecular weight is 1880 g/mol. The van der Waals surface area contributed by atoms with Crippen molar-refractivity contribution in [3.63, 3.8) is 0 Å². The summed E-state index contributed by atoms with van der Waals surface area (Å²) >= 11 is 0. The van der Waals surface area contributed by atoms with Gasteiger partial charge < -0.3 is 0 Å². The number of fused-ring (bicyclic) bond motifs is 52. The molecule has 0 saturated heterocycles. The molecule has 0 aromatic heterocycles. The number of hydrogen-bond acceptors (Lipinski definition) is 0. The van der Waals surface area contributed by atoms with Crippen LogP contribution in [0, 0.1) is 0 Å². The lowest BCUT2D eigenvalue weighted by Gasteiger charge is -2.14. The van der Waals surface area contributed by atoms with Crippen molar-refractivity contribution in [2.24, 2.45) is 0 Å². The fourth-order valence-corrected chi connectivity index (χ4v) is 27.7. The second-order valence-corrected chi connectivity index (χ2v) is 41.7. The van der Waals surface area contributed by atoms with E-state index in [4.69, 9.17) is 0 Å². The van der Waals surface area contributed by atoms with Crippen molar-refractivity contribution in [3.05, 3.63) is 595 Å². The van der Waals surface area contributed by atoms with E-state index < -0.39 is 0 Å². The smallest absolute Gasteiger partial charge is 0.000695 e. The fourth-order valence-electron chi connectivity index (χ4n) is 27.7. The van der Waals surface area contributed by atoms with Crippen molar-refractivity contribution in [2.45, 2.75) is 90.9 Å². The van der Waals surface area contributed by atoms with E-state index in [1.807, 2.05) is 13.8 Å². The van der Waals surface area contributed by atoms with Gasteiger partial charge in [-0.2, -0.15) is 0 Å². The predicted molar refractivity (Wildman–Crippen MR) is 623 cm³/mol.